The summed E-state index contributed by atoms with van der Waals surface area (Å²) in [6.07, 6.45) is 4.56. The molecule has 1 heterocycles. The van der Waals surface area contributed by atoms with Crippen molar-refractivity contribution in [3.63, 3.8) is 0 Å². The zero-order valence-corrected chi connectivity index (χ0v) is 20.1. The molecule has 1 aromatic heterocycles. The summed E-state index contributed by atoms with van der Waals surface area (Å²) < 4.78 is 6.85. The summed E-state index contributed by atoms with van der Waals surface area (Å²) in [7, 11) is 0. The van der Waals surface area contributed by atoms with E-state index in [1.54, 1.807) is 42.5 Å². The van der Waals surface area contributed by atoms with Crippen molar-refractivity contribution in [3.05, 3.63) is 136 Å². The predicted octanol–water partition coefficient (Wildman–Crippen LogP) is 5.87. The summed E-state index contributed by atoms with van der Waals surface area (Å²) in [5.41, 5.74) is 3.54. The topological polar surface area (TPSA) is 73.6 Å². The highest BCUT2D eigenvalue weighted by Crippen LogP contribution is 2.21. The lowest BCUT2D eigenvalue weighted by atomic mass is 10.1. The van der Waals surface area contributed by atoms with Gasteiger partial charge in [-0.15, -0.1) is 0 Å². The molecule has 0 amide bonds. The number of nitrogens with zero attached hydrogens (tertiary/aromatic N) is 3. The Hall–Kier alpha value is -5.10. The minimum atomic E-state index is -0.519. The molecule has 0 radical (unpaired) electrons. The molecule has 0 saturated carbocycles. The fourth-order valence-electron chi connectivity index (χ4n) is 3.87. The van der Waals surface area contributed by atoms with Crippen molar-refractivity contribution in [3.8, 4) is 17.1 Å². The van der Waals surface area contributed by atoms with Gasteiger partial charge in [-0.05, 0) is 48.9 Å². The first-order chi connectivity index (χ1) is 18.1. The highest BCUT2D eigenvalue weighted by molar-refractivity contribution is 5.91. The summed E-state index contributed by atoms with van der Waals surface area (Å²) >= 11 is 0. The van der Waals surface area contributed by atoms with Gasteiger partial charge in [0.15, 0.2) is 5.82 Å². The van der Waals surface area contributed by atoms with Crippen LogP contribution in [0.25, 0.3) is 28.4 Å². The Morgan fingerprint density at radius 1 is 0.892 bits per heavy atom. The summed E-state index contributed by atoms with van der Waals surface area (Å²) in [4.78, 5) is 30.6. The van der Waals surface area contributed by atoms with Gasteiger partial charge in [0.25, 0.3) is 5.56 Å². The fourth-order valence-corrected chi connectivity index (χ4v) is 3.87. The highest BCUT2D eigenvalue weighted by atomic mass is 16.5. The van der Waals surface area contributed by atoms with Crippen molar-refractivity contribution in [2.75, 3.05) is 0 Å². The molecule has 5 rings (SSSR count). The van der Waals surface area contributed by atoms with E-state index in [2.05, 4.69) is 5.10 Å². The van der Waals surface area contributed by atoms with E-state index in [4.69, 9.17) is 9.72 Å². The van der Waals surface area contributed by atoms with E-state index in [0.29, 0.717) is 28.0 Å². The molecule has 180 valence electrons. The molecule has 0 unspecified atom stereocenters. The van der Waals surface area contributed by atoms with Crippen LogP contribution in [-0.4, -0.2) is 21.8 Å². The molecule has 0 fully saturated rings. The Morgan fingerprint density at radius 2 is 1.65 bits per heavy atom. The van der Waals surface area contributed by atoms with Crippen molar-refractivity contribution >= 4 is 29.2 Å². The molecule has 0 aliphatic carbocycles. The van der Waals surface area contributed by atoms with E-state index in [1.807, 2.05) is 73.7 Å². The summed E-state index contributed by atoms with van der Waals surface area (Å²) in [5.74, 6) is 0.228. The standard InChI is InChI=1S/C31H23N3O3/c1-22-10-9-14-24(20-22)30-33-27-16-7-6-15-26(27)31(36)34(30)32-21-25-13-5-8-17-28(25)37-29(35)19-18-23-11-3-2-4-12-23/h2-21H,1H3/b19-18+,32-21?. The van der Waals surface area contributed by atoms with Crippen molar-refractivity contribution < 1.29 is 9.53 Å². The summed E-state index contributed by atoms with van der Waals surface area (Å²) in [6, 6.07) is 31.4. The molecule has 37 heavy (non-hydrogen) atoms. The maximum atomic E-state index is 13.4. The van der Waals surface area contributed by atoms with Crippen LogP contribution in [0.3, 0.4) is 0 Å². The second kappa shape index (κ2) is 10.7. The highest BCUT2D eigenvalue weighted by Gasteiger charge is 2.13. The average molecular weight is 486 g/mol. The second-order valence-corrected chi connectivity index (χ2v) is 8.39. The zero-order valence-electron chi connectivity index (χ0n) is 20.1. The van der Waals surface area contributed by atoms with Crippen LogP contribution >= 0.6 is 0 Å². The van der Waals surface area contributed by atoms with Crippen molar-refractivity contribution in [1.82, 2.24) is 9.66 Å². The van der Waals surface area contributed by atoms with E-state index in [9.17, 15) is 9.59 Å². The minimum absolute atomic E-state index is 0.293. The molecule has 0 N–H and O–H groups in total. The zero-order chi connectivity index (χ0) is 25.6. The molecule has 0 aliphatic heterocycles. The molecule has 6 nitrogen and oxygen atoms in total. The molecule has 5 aromatic rings. The Morgan fingerprint density at radius 3 is 2.49 bits per heavy atom. The van der Waals surface area contributed by atoms with Gasteiger partial charge in [-0.25, -0.2) is 9.78 Å². The number of fused-ring (bicyclic) bond motifs is 1. The molecule has 4 aromatic carbocycles. The number of benzene rings is 4. The van der Waals surface area contributed by atoms with E-state index < -0.39 is 5.97 Å². The van der Waals surface area contributed by atoms with Gasteiger partial charge < -0.3 is 4.74 Å². The number of carbonyl (C=O) groups is 1. The Kier molecular flexibility index (Phi) is 6.81. The van der Waals surface area contributed by atoms with Gasteiger partial charge in [0.05, 0.1) is 17.1 Å². The molecule has 6 heteroatoms. The van der Waals surface area contributed by atoms with Gasteiger partial charge in [0.1, 0.15) is 5.75 Å². The van der Waals surface area contributed by atoms with Crippen molar-refractivity contribution in [2.45, 2.75) is 6.92 Å². The summed E-state index contributed by atoms with van der Waals surface area (Å²) in [6.45, 7) is 1.98. The third kappa shape index (κ3) is 5.44. The smallest absolute Gasteiger partial charge is 0.336 e. The SMILES string of the molecule is Cc1cccc(-c2nc3ccccc3c(=O)n2N=Cc2ccccc2OC(=O)/C=C/c2ccccc2)c1. The largest absolute Gasteiger partial charge is 0.423 e. The van der Waals surface area contributed by atoms with E-state index in [1.165, 1.54) is 17.0 Å². The molecule has 0 bridgehead atoms. The predicted molar refractivity (Wildman–Crippen MR) is 147 cm³/mol. The minimum Gasteiger partial charge on any atom is -0.423 e. The normalized spacial score (nSPS) is 11.4. The first-order valence-electron chi connectivity index (χ1n) is 11.8. The number of hydrogen-bond donors (Lipinski definition) is 0. The molecular weight excluding hydrogens is 462 g/mol. The van der Waals surface area contributed by atoms with E-state index in [-0.39, 0.29) is 5.56 Å². The molecule has 0 saturated heterocycles. The van der Waals surface area contributed by atoms with Gasteiger partial charge >= 0.3 is 5.97 Å². The quantitative estimate of drug-likeness (QED) is 0.130. The Balaban J connectivity index is 1.51. The lowest BCUT2D eigenvalue weighted by Gasteiger charge is -2.10. The van der Waals surface area contributed by atoms with Crippen LogP contribution in [0, 0.1) is 6.92 Å². The van der Waals surface area contributed by atoms with E-state index in [0.717, 1.165) is 16.7 Å². The Bertz CT molecular complexity index is 1700. The number of para-hydroxylation sites is 2. The van der Waals surface area contributed by atoms with Gasteiger partial charge in [-0.1, -0.05) is 78.4 Å². The van der Waals surface area contributed by atoms with Gasteiger partial charge in [0.2, 0.25) is 0 Å². The van der Waals surface area contributed by atoms with Crippen LogP contribution in [0.5, 0.6) is 5.75 Å². The number of rotatable bonds is 6. The molecular formula is C31H23N3O3. The monoisotopic (exact) mass is 485 g/mol. The van der Waals surface area contributed by atoms with Crippen molar-refractivity contribution in [2.24, 2.45) is 5.10 Å². The average Bonchev–Trinajstić information content (AvgIpc) is 2.93. The van der Waals surface area contributed by atoms with Crippen LogP contribution < -0.4 is 10.3 Å². The second-order valence-electron chi connectivity index (χ2n) is 8.39. The number of hydrogen-bond acceptors (Lipinski definition) is 5. The van der Waals surface area contributed by atoms with Crippen LogP contribution in [0.1, 0.15) is 16.7 Å². The van der Waals surface area contributed by atoms with Crippen LogP contribution in [0.2, 0.25) is 0 Å². The number of aromatic nitrogens is 2. The number of carbonyl (C=O) groups excluding carboxylic acids is 1. The van der Waals surface area contributed by atoms with Crippen LogP contribution in [0.4, 0.5) is 0 Å². The molecule has 0 spiro atoms. The van der Waals surface area contributed by atoms with E-state index >= 15 is 0 Å². The van der Waals surface area contributed by atoms with Gasteiger partial charge in [-0.3, -0.25) is 4.79 Å². The number of ether oxygens (including phenoxy) is 1. The van der Waals surface area contributed by atoms with Crippen molar-refractivity contribution in [1.29, 1.82) is 0 Å². The summed E-state index contributed by atoms with van der Waals surface area (Å²) in [5, 5.41) is 4.96. The third-order valence-corrected chi connectivity index (χ3v) is 5.68. The maximum Gasteiger partial charge on any atom is 0.336 e. The Labute approximate surface area is 213 Å². The fraction of sp³-hybridized carbons (Fsp3) is 0.0323. The van der Waals surface area contributed by atoms with Gasteiger partial charge in [-0.2, -0.15) is 9.78 Å². The third-order valence-electron chi connectivity index (χ3n) is 5.68. The van der Waals surface area contributed by atoms with Crippen LogP contribution in [0.15, 0.2) is 119 Å². The number of esters is 1. The molecule has 0 atom stereocenters. The number of aryl methyl sites for hydroxylation is 1. The first kappa shape index (κ1) is 23.6. The first-order valence-corrected chi connectivity index (χ1v) is 11.8. The van der Waals surface area contributed by atoms with Crippen LogP contribution in [-0.2, 0) is 4.79 Å². The lowest BCUT2D eigenvalue weighted by Crippen LogP contribution is -2.20. The van der Waals surface area contributed by atoms with Gasteiger partial charge in [0, 0.05) is 17.2 Å². The molecule has 0 aliphatic rings. The lowest BCUT2D eigenvalue weighted by molar-refractivity contribution is -0.128. The maximum absolute atomic E-state index is 13.4.